The highest BCUT2D eigenvalue weighted by atomic mass is 35.5. The summed E-state index contributed by atoms with van der Waals surface area (Å²) in [6.45, 7) is 4.00. The molecule has 0 atom stereocenters. The van der Waals surface area contributed by atoms with Crippen LogP contribution < -0.4 is 20.5 Å². The third-order valence-corrected chi connectivity index (χ3v) is 7.53. The van der Waals surface area contributed by atoms with E-state index in [0.29, 0.717) is 28.9 Å². The molecule has 4 aromatic rings. The topological polar surface area (TPSA) is 118 Å². The fourth-order valence-electron chi connectivity index (χ4n) is 5.07. The summed E-state index contributed by atoms with van der Waals surface area (Å²) >= 11 is 6.56. The number of likely N-dealkylation sites (tertiary alicyclic amines) is 1. The van der Waals surface area contributed by atoms with Crippen LogP contribution in [0.3, 0.4) is 0 Å². The van der Waals surface area contributed by atoms with Crippen LogP contribution in [0.5, 0.6) is 17.4 Å². The van der Waals surface area contributed by atoms with Crippen molar-refractivity contribution in [3.63, 3.8) is 0 Å². The van der Waals surface area contributed by atoms with Crippen LogP contribution in [0.1, 0.15) is 31.2 Å². The molecule has 0 bridgehead atoms. The number of carbonyl (C=O) groups excluding carboxylic acids is 1. The monoisotopic (exact) mass is 532 g/mol. The van der Waals surface area contributed by atoms with E-state index in [0.717, 1.165) is 47.3 Å². The Balaban J connectivity index is 1.16. The number of nitrogens with zero attached hydrogens (tertiary/aromatic N) is 3. The molecule has 1 saturated carbocycles. The van der Waals surface area contributed by atoms with E-state index in [-0.39, 0.29) is 0 Å². The van der Waals surface area contributed by atoms with Crippen molar-refractivity contribution in [2.75, 3.05) is 26.2 Å². The average Bonchev–Trinajstić information content (AvgIpc) is 3.28. The molecule has 9 nitrogen and oxygen atoms in total. The van der Waals surface area contributed by atoms with Crippen LogP contribution in [-0.2, 0) is 5.54 Å². The zero-order valence-corrected chi connectivity index (χ0v) is 21.6. The summed E-state index contributed by atoms with van der Waals surface area (Å²) in [5.74, 6) is 1.80. The Hall–Kier alpha value is -3.82. The minimum atomic E-state index is -0.565. The number of urea groups is 1. The van der Waals surface area contributed by atoms with E-state index in [1.165, 1.54) is 32.3 Å². The largest absolute Gasteiger partial charge is 0.492 e. The lowest BCUT2D eigenvalue weighted by Crippen LogP contribution is -2.38. The molecule has 4 N–H and O–H groups in total. The summed E-state index contributed by atoms with van der Waals surface area (Å²) in [5.41, 5.74) is 8.24. The zero-order chi connectivity index (χ0) is 26.1. The lowest BCUT2D eigenvalue weighted by atomic mass is 10.0. The number of aromatic nitrogens is 3. The number of hydrogen-bond acceptors (Lipinski definition) is 6. The van der Waals surface area contributed by atoms with Crippen molar-refractivity contribution < 1.29 is 14.3 Å². The minimum Gasteiger partial charge on any atom is -0.492 e. The number of H-pyrrole nitrogens is 1. The van der Waals surface area contributed by atoms with Gasteiger partial charge in [0.15, 0.2) is 0 Å². The van der Waals surface area contributed by atoms with Crippen LogP contribution >= 0.6 is 11.6 Å². The second-order valence-corrected chi connectivity index (χ2v) is 10.3. The molecule has 196 valence electrons. The quantitative estimate of drug-likeness (QED) is 0.272. The maximum Gasteiger partial charge on any atom is 0.312 e. The highest BCUT2D eigenvalue weighted by Gasteiger charge is 2.46. The molecule has 38 heavy (non-hydrogen) atoms. The average molecular weight is 533 g/mol. The van der Waals surface area contributed by atoms with E-state index in [1.807, 2.05) is 42.5 Å². The van der Waals surface area contributed by atoms with Crippen LogP contribution in [0.25, 0.3) is 22.3 Å². The number of ether oxygens (including phenoxy) is 2. The number of halogens is 1. The molecule has 10 heteroatoms. The summed E-state index contributed by atoms with van der Waals surface area (Å²) in [5, 5.41) is 4.05. The molecule has 3 heterocycles. The van der Waals surface area contributed by atoms with Gasteiger partial charge in [-0.25, -0.2) is 14.8 Å². The molecular weight excluding hydrogens is 504 g/mol. The van der Waals surface area contributed by atoms with Gasteiger partial charge in [0.1, 0.15) is 30.1 Å². The van der Waals surface area contributed by atoms with Crippen LogP contribution in [-0.4, -0.2) is 52.1 Å². The van der Waals surface area contributed by atoms with E-state index >= 15 is 0 Å². The normalized spacial score (nSPS) is 16.4. The molecule has 2 aromatic carbocycles. The maximum atomic E-state index is 11.4. The van der Waals surface area contributed by atoms with Gasteiger partial charge >= 0.3 is 6.03 Å². The van der Waals surface area contributed by atoms with Crippen molar-refractivity contribution in [1.29, 1.82) is 0 Å². The lowest BCUT2D eigenvalue weighted by molar-refractivity contribution is 0.238. The van der Waals surface area contributed by atoms with Crippen LogP contribution in [0, 0.1) is 0 Å². The van der Waals surface area contributed by atoms with Gasteiger partial charge in [0.05, 0.1) is 10.9 Å². The van der Waals surface area contributed by atoms with Crippen molar-refractivity contribution in [2.24, 2.45) is 5.73 Å². The first-order valence-corrected chi connectivity index (χ1v) is 13.2. The van der Waals surface area contributed by atoms with Crippen LogP contribution in [0.2, 0.25) is 5.02 Å². The van der Waals surface area contributed by atoms with Gasteiger partial charge in [-0.1, -0.05) is 17.7 Å². The van der Waals surface area contributed by atoms with Crippen molar-refractivity contribution >= 4 is 28.7 Å². The minimum absolute atomic E-state index is 0.416. The number of amides is 2. The second-order valence-electron chi connectivity index (χ2n) is 9.86. The first-order valence-electron chi connectivity index (χ1n) is 12.8. The van der Waals surface area contributed by atoms with Crippen molar-refractivity contribution in [1.82, 2.24) is 25.2 Å². The first kappa shape index (κ1) is 24.5. The number of fused-ring (bicyclic) bond motifs is 1. The van der Waals surface area contributed by atoms with E-state index in [9.17, 15) is 4.79 Å². The lowest BCUT2D eigenvalue weighted by Gasteiger charge is -2.18. The Morgan fingerprint density at radius 3 is 2.55 bits per heavy atom. The number of rotatable bonds is 9. The molecule has 2 fully saturated rings. The fraction of sp³-hybridized carbons (Fsp3) is 0.321. The Morgan fingerprint density at radius 2 is 1.84 bits per heavy atom. The van der Waals surface area contributed by atoms with Crippen molar-refractivity contribution in [2.45, 2.75) is 31.2 Å². The standard InChI is InChI=1S/C28H29ClN6O3/c29-23-15-20(7-8-22(23)28(9-10-28)34-27(30)36)38-26-21-16-24(33-25(21)31-17-32-26)18-3-5-19(6-4-18)37-14-13-35-11-1-2-12-35/h3-8,15-17H,1-2,9-14H2,(H3,30,34,36)(H,31,32,33). The molecule has 0 spiro atoms. The molecule has 2 aromatic heterocycles. The summed E-state index contributed by atoms with van der Waals surface area (Å²) in [6, 6.07) is 14.8. The molecule has 0 radical (unpaired) electrons. The van der Waals surface area contributed by atoms with E-state index in [1.54, 1.807) is 6.07 Å². The Kier molecular flexibility index (Phi) is 6.55. The molecule has 2 aliphatic rings. The Labute approximate surface area is 225 Å². The first-order chi connectivity index (χ1) is 18.5. The summed E-state index contributed by atoms with van der Waals surface area (Å²) < 4.78 is 12.0. The van der Waals surface area contributed by atoms with E-state index in [4.69, 9.17) is 26.8 Å². The van der Waals surface area contributed by atoms with Gasteiger partial charge in [-0.15, -0.1) is 0 Å². The smallest absolute Gasteiger partial charge is 0.312 e. The third-order valence-electron chi connectivity index (χ3n) is 7.21. The molecule has 2 amide bonds. The summed E-state index contributed by atoms with van der Waals surface area (Å²) in [7, 11) is 0. The molecule has 0 unspecified atom stereocenters. The van der Waals surface area contributed by atoms with Gasteiger partial charge in [0.25, 0.3) is 0 Å². The van der Waals surface area contributed by atoms with Crippen molar-refractivity contribution in [3.8, 4) is 28.6 Å². The van der Waals surface area contributed by atoms with Crippen LogP contribution in [0.4, 0.5) is 4.79 Å². The van der Waals surface area contributed by atoms with E-state index in [2.05, 4.69) is 25.2 Å². The number of nitrogens with one attached hydrogen (secondary N) is 2. The maximum absolute atomic E-state index is 11.4. The molecular formula is C28H29ClN6O3. The molecule has 1 aliphatic carbocycles. The third kappa shape index (κ3) is 5.12. The van der Waals surface area contributed by atoms with E-state index < -0.39 is 11.6 Å². The SMILES string of the molecule is NC(=O)NC1(c2ccc(Oc3ncnc4[nH]c(-c5ccc(OCCN6CCCC6)cc5)cc34)cc2Cl)CC1. The Bertz CT molecular complexity index is 1460. The molecule has 1 saturated heterocycles. The van der Waals surface area contributed by atoms with Gasteiger partial charge in [-0.3, -0.25) is 4.90 Å². The highest BCUT2D eigenvalue weighted by molar-refractivity contribution is 6.31. The Morgan fingerprint density at radius 1 is 1.08 bits per heavy atom. The predicted molar refractivity (Wildman–Crippen MR) is 146 cm³/mol. The van der Waals surface area contributed by atoms with Gasteiger partial charge in [-0.05, 0) is 92.4 Å². The molecule has 1 aliphatic heterocycles. The number of primary amides is 1. The predicted octanol–water partition coefficient (Wildman–Crippen LogP) is 5.20. The zero-order valence-electron chi connectivity index (χ0n) is 20.9. The van der Waals surface area contributed by atoms with Crippen LogP contribution in [0.15, 0.2) is 54.9 Å². The second kappa shape index (κ2) is 10.2. The number of nitrogens with two attached hydrogens (primary N) is 1. The number of aromatic amines is 1. The number of carbonyl (C=O) groups is 1. The number of hydrogen-bond donors (Lipinski definition) is 3. The van der Waals surface area contributed by atoms with Crippen molar-refractivity contribution in [3.05, 3.63) is 65.4 Å². The number of benzene rings is 2. The van der Waals surface area contributed by atoms with Gasteiger partial charge in [-0.2, -0.15) is 0 Å². The van der Waals surface area contributed by atoms with Gasteiger partial charge < -0.3 is 25.5 Å². The van der Waals surface area contributed by atoms with Gasteiger partial charge in [0, 0.05) is 17.3 Å². The highest BCUT2D eigenvalue weighted by Crippen LogP contribution is 2.48. The van der Waals surface area contributed by atoms with Gasteiger partial charge in [0.2, 0.25) is 5.88 Å². The fourth-order valence-corrected chi connectivity index (χ4v) is 5.42. The summed E-state index contributed by atoms with van der Waals surface area (Å²) in [4.78, 5) is 25.9. The molecule has 6 rings (SSSR count). The summed E-state index contributed by atoms with van der Waals surface area (Å²) in [6.07, 6.45) is 5.61.